The zero-order chi connectivity index (χ0) is 22.1. The Bertz CT molecular complexity index is 771. The van der Waals surface area contributed by atoms with Crippen LogP contribution in [0.1, 0.15) is 58.7 Å². The van der Waals surface area contributed by atoms with Crippen LogP contribution in [0.2, 0.25) is 0 Å². The molecule has 0 unspecified atom stereocenters. The number of thioether (sulfide) groups is 1. The number of piperidine rings is 1. The highest BCUT2D eigenvalue weighted by molar-refractivity contribution is 7.98. The summed E-state index contributed by atoms with van der Waals surface area (Å²) in [7, 11) is -3.17. The highest BCUT2D eigenvalue weighted by Crippen LogP contribution is 2.21. The molecule has 1 amide bonds. The molecule has 0 aromatic carbocycles. The number of carbonyl (C=O) groups is 1. The Morgan fingerprint density at radius 3 is 2.53 bits per heavy atom. The first-order valence-electron chi connectivity index (χ1n) is 11.0. The molecule has 0 aliphatic carbocycles. The van der Waals surface area contributed by atoms with E-state index in [0.717, 1.165) is 36.8 Å². The number of carbonyl (C=O) groups excluding carboxylic acids is 1. The van der Waals surface area contributed by atoms with E-state index in [-0.39, 0.29) is 17.6 Å². The summed E-state index contributed by atoms with van der Waals surface area (Å²) in [6.45, 7) is 8.71. The molecule has 1 aromatic rings. The van der Waals surface area contributed by atoms with Crippen molar-refractivity contribution in [2.75, 3.05) is 31.6 Å². The van der Waals surface area contributed by atoms with Gasteiger partial charge in [-0.1, -0.05) is 39.0 Å². The van der Waals surface area contributed by atoms with E-state index in [2.05, 4.69) is 33.9 Å². The van der Waals surface area contributed by atoms with Crippen LogP contribution in [0.5, 0.6) is 0 Å². The standard InChI is InChI=1S/C20H37N5O3S2/c1-5-6-14-30(27,28)24-12-9-17(10-13-24)19(26)21-11-7-8-18-22-23-20(29-4)25(18)15-16(2)3/h16-17H,5-15H2,1-4H3,(H,21,26). The molecule has 1 aromatic heterocycles. The number of sulfonamides is 1. The molecule has 2 rings (SSSR count). The van der Waals surface area contributed by atoms with Gasteiger partial charge in [0.05, 0.1) is 5.75 Å². The van der Waals surface area contributed by atoms with Crippen LogP contribution in [0.15, 0.2) is 5.16 Å². The normalized spacial score (nSPS) is 16.3. The summed E-state index contributed by atoms with van der Waals surface area (Å²) in [5.41, 5.74) is 0. The smallest absolute Gasteiger partial charge is 0.223 e. The number of nitrogens with one attached hydrogen (secondary N) is 1. The van der Waals surface area contributed by atoms with E-state index in [4.69, 9.17) is 0 Å². The molecular weight excluding hydrogens is 422 g/mol. The number of hydrogen-bond donors (Lipinski definition) is 1. The molecule has 172 valence electrons. The fraction of sp³-hybridized carbons (Fsp3) is 0.850. The Hall–Kier alpha value is -1.13. The third-order valence-corrected chi connectivity index (χ3v) is 8.00. The fourth-order valence-corrected chi connectivity index (χ4v) is 5.86. The molecule has 1 N–H and O–H groups in total. The molecule has 0 atom stereocenters. The summed E-state index contributed by atoms with van der Waals surface area (Å²) in [6, 6.07) is 0. The Morgan fingerprint density at radius 1 is 1.23 bits per heavy atom. The summed E-state index contributed by atoms with van der Waals surface area (Å²) in [5.74, 6) is 1.62. The lowest BCUT2D eigenvalue weighted by Crippen LogP contribution is -2.43. The number of nitrogens with zero attached hydrogens (tertiary/aromatic N) is 4. The summed E-state index contributed by atoms with van der Waals surface area (Å²) in [6.07, 6.45) is 6.32. The first kappa shape index (κ1) is 25.1. The van der Waals surface area contributed by atoms with Gasteiger partial charge in [0.15, 0.2) is 5.16 Å². The molecule has 1 aliphatic rings. The van der Waals surface area contributed by atoms with Gasteiger partial charge in [0.1, 0.15) is 5.82 Å². The summed E-state index contributed by atoms with van der Waals surface area (Å²) in [4.78, 5) is 12.5. The third-order valence-electron chi connectivity index (χ3n) is 5.37. The number of amides is 1. The van der Waals surface area contributed by atoms with Crippen LogP contribution >= 0.6 is 11.8 Å². The Labute approximate surface area is 185 Å². The van der Waals surface area contributed by atoms with Crippen LogP contribution < -0.4 is 5.32 Å². The molecule has 0 radical (unpaired) electrons. The first-order valence-corrected chi connectivity index (χ1v) is 13.8. The number of aryl methyl sites for hydroxylation is 1. The van der Waals surface area contributed by atoms with Gasteiger partial charge in [-0.2, -0.15) is 0 Å². The molecular formula is C20H37N5O3S2. The topological polar surface area (TPSA) is 97.2 Å². The Kier molecular flexibility index (Phi) is 10.1. The third kappa shape index (κ3) is 7.23. The summed E-state index contributed by atoms with van der Waals surface area (Å²) < 4.78 is 28.3. The van der Waals surface area contributed by atoms with Crippen LogP contribution in [0.3, 0.4) is 0 Å². The number of rotatable bonds is 12. The van der Waals surface area contributed by atoms with Crippen molar-refractivity contribution < 1.29 is 13.2 Å². The van der Waals surface area contributed by atoms with Crippen molar-refractivity contribution in [2.45, 2.75) is 71.0 Å². The van der Waals surface area contributed by atoms with E-state index in [1.807, 2.05) is 13.2 Å². The van der Waals surface area contributed by atoms with E-state index >= 15 is 0 Å². The van der Waals surface area contributed by atoms with E-state index in [1.54, 1.807) is 16.1 Å². The second-order valence-electron chi connectivity index (χ2n) is 8.34. The molecule has 10 heteroatoms. The number of unbranched alkanes of at least 4 members (excludes halogenated alkanes) is 1. The molecule has 8 nitrogen and oxygen atoms in total. The van der Waals surface area contributed by atoms with Crippen molar-refractivity contribution in [3.63, 3.8) is 0 Å². The lowest BCUT2D eigenvalue weighted by molar-refractivity contribution is -0.126. The van der Waals surface area contributed by atoms with Crippen LogP contribution in [0.4, 0.5) is 0 Å². The van der Waals surface area contributed by atoms with Crippen molar-refractivity contribution in [2.24, 2.45) is 11.8 Å². The van der Waals surface area contributed by atoms with Gasteiger partial charge in [-0.15, -0.1) is 10.2 Å². The van der Waals surface area contributed by atoms with Crippen LogP contribution in [-0.4, -0.2) is 65.0 Å². The van der Waals surface area contributed by atoms with Gasteiger partial charge in [-0.3, -0.25) is 4.79 Å². The largest absolute Gasteiger partial charge is 0.356 e. The maximum absolute atomic E-state index is 12.5. The minimum atomic E-state index is -3.17. The summed E-state index contributed by atoms with van der Waals surface area (Å²) in [5, 5.41) is 12.5. The molecule has 1 saturated heterocycles. The predicted molar refractivity (Wildman–Crippen MR) is 121 cm³/mol. The summed E-state index contributed by atoms with van der Waals surface area (Å²) >= 11 is 1.60. The van der Waals surface area contributed by atoms with E-state index in [9.17, 15) is 13.2 Å². The van der Waals surface area contributed by atoms with Gasteiger partial charge < -0.3 is 9.88 Å². The SMILES string of the molecule is CCCCS(=O)(=O)N1CCC(C(=O)NCCCc2nnc(SC)n2CC(C)C)CC1. The monoisotopic (exact) mass is 459 g/mol. The predicted octanol–water partition coefficient (Wildman–Crippen LogP) is 2.55. The van der Waals surface area contributed by atoms with Gasteiger partial charge in [0.2, 0.25) is 15.9 Å². The van der Waals surface area contributed by atoms with Gasteiger partial charge in [0.25, 0.3) is 0 Å². The average Bonchev–Trinajstić information content (AvgIpc) is 3.10. The van der Waals surface area contributed by atoms with Crippen molar-refractivity contribution in [1.29, 1.82) is 0 Å². The Balaban J connectivity index is 1.74. The minimum Gasteiger partial charge on any atom is -0.356 e. The van der Waals surface area contributed by atoms with Crippen molar-refractivity contribution in [1.82, 2.24) is 24.4 Å². The molecule has 30 heavy (non-hydrogen) atoms. The second-order valence-corrected chi connectivity index (χ2v) is 11.2. The van der Waals surface area contributed by atoms with Gasteiger partial charge in [-0.25, -0.2) is 12.7 Å². The maximum atomic E-state index is 12.5. The quantitative estimate of drug-likeness (QED) is 0.381. The molecule has 0 saturated carbocycles. The molecule has 2 heterocycles. The van der Waals surface area contributed by atoms with Gasteiger partial charge >= 0.3 is 0 Å². The zero-order valence-corrected chi connectivity index (χ0v) is 20.4. The molecule has 0 bridgehead atoms. The minimum absolute atomic E-state index is 0.0362. The lowest BCUT2D eigenvalue weighted by atomic mass is 9.97. The van der Waals surface area contributed by atoms with E-state index < -0.39 is 10.0 Å². The van der Waals surface area contributed by atoms with Crippen molar-refractivity contribution in [3.05, 3.63) is 5.82 Å². The highest BCUT2D eigenvalue weighted by Gasteiger charge is 2.30. The second kappa shape index (κ2) is 12.0. The number of aromatic nitrogens is 3. The lowest BCUT2D eigenvalue weighted by Gasteiger charge is -2.30. The van der Waals surface area contributed by atoms with Crippen LogP contribution in [0, 0.1) is 11.8 Å². The fourth-order valence-electron chi connectivity index (χ4n) is 3.66. The molecule has 1 aliphatic heterocycles. The van der Waals surface area contributed by atoms with Gasteiger partial charge in [0, 0.05) is 38.5 Å². The van der Waals surface area contributed by atoms with Crippen LogP contribution in [-0.2, 0) is 27.8 Å². The molecule has 1 fully saturated rings. The van der Waals surface area contributed by atoms with E-state index in [1.165, 1.54) is 0 Å². The van der Waals surface area contributed by atoms with Crippen molar-refractivity contribution in [3.8, 4) is 0 Å². The Morgan fingerprint density at radius 2 is 1.93 bits per heavy atom. The van der Waals surface area contributed by atoms with Crippen molar-refractivity contribution >= 4 is 27.7 Å². The average molecular weight is 460 g/mol. The maximum Gasteiger partial charge on any atom is 0.223 e. The van der Waals surface area contributed by atoms with Gasteiger partial charge in [-0.05, 0) is 37.9 Å². The number of hydrogen-bond acceptors (Lipinski definition) is 6. The zero-order valence-electron chi connectivity index (χ0n) is 18.8. The van der Waals surface area contributed by atoms with E-state index in [0.29, 0.717) is 44.8 Å². The molecule has 0 spiro atoms. The highest BCUT2D eigenvalue weighted by atomic mass is 32.2. The first-order chi connectivity index (χ1) is 14.3. The van der Waals surface area contributed by atoms with Crippen LogP contribution in [0.25, 0.3) is 0 Å².